The van der Waals surface area contributed by atoms with Gasteiger partial charge in [-0.05, 0) is 43.9 Å². The number of amides is 1. The number of aromatic hydroxyl groups is 1. The summed E-state index contributed by atoms with van der Waals surface area (Å²) in [5.41, 5.74) is 0.225. The van der Waals surface area contributed by atoms with Crippen LogP contribution >= 0.6 is 0 Å². The van der Waals surface area contributed by atoms with Crippen LogP contribution in [0.4, 0.5) is 0 Å². The number of hydrogen-bond donors (Lipinski definition) is 2. The van der Waals surface area contributed by atoms with Crippen molar-refractivity contribution in [3.05, 3.63) is 29.8 Å². The number of hydrogen-bond acceptors (Lipinski definition) is 4. The topological polar surface area (TPSA) is 75.6 Å². The Morgan fingerprint density at radius 3 is 2.84 bits per heavy atom. The standard InChI is InChI=1S/C14H17NO4/c1-9(10-5-6-10)15-13(17)8-19-14(18)11-3-2-4-12(16)7-11/h2-4,7,9-10,16H,5-6,8H2,1H3,(H,15,17)/t9-/m0/s1. The Kier molecular flexibility index (Phi) is 4.04. The van der Waals surface area contributed by atoms with Crippen LogP contribution < -0.4 is 5.32 Å². The quantitative estimate of drug-likeness (QED) is 0.789. The molecule has 2 rings (SSSR count). The molecule has 1 aliphatic carbocycles. The van der Waals surface area contributed by atoms with Crippen LogP contribution in [0.1, 0.15) is 30.1 Å². The molecule has 0 saturated heterocycles. The third-order valence-corrected chi connectivity index (χ3v) is 3.13. The second kappa shape index (κ2) is 5.73. The van der Waals surface area contributed by atoms with Crippen LogP contribution in [0.3, 0.4) is 0 Å². The molecular formula is C14H17NO4. The first-order valence-electron chi connectivity index (χ1n) is 6.32. The first kappa shape index (κ1) is 13.4. The van der Waals surface area contributed by atoms with Gasteiger partial charge in [-0.1, -0.05) is 6.07 Å². The van der Waals surface area contributed by atoms with Crippen LogP contribution in [0.15, 0.2) is 24.3 Å². The largest absolute Gasteiger partial charge is 0.508 e. The van der Waals surface area contributed by atoms with Gasteiger partial charge in [0.25, 0.3) is 5.91 Å². The maximum atomic E-state index is 11.6. The lowest BCUT2D eigenvalue weighted by molar-refractivity contribution is -0.124. The second-order valence-corrected chi connectivity index (χ2v) is 4.82. The fourth-order valence-corrected chi connectivity index (χ4v) is 1.86. The maximum absolute atomic E-state index is 11.6. The molecule has 0 spiro atoms. The van der Waals surface area contributed by atoms with Crippen molar-refractivity contribution < 1.29 is 19.4 Å². The van der Waals surface area contributed by atoms with E-state index < -0.39 is 5.97 Å². The minimum absolute atomic E-state index is 0.0127. The molecule has 1 aromatic rings. The SMILES string of the molecule is C[C@H](NC(=O)COC(=O)c1cccc(O)c1)C1CC1. The smallest absolute Gasteiger partial charge is 0.338 e. The van der Waals surface area contributed by atoms with E-state index in [9.17, 15) is 14.7 Å². The number of nitrogens with one attached hydrogen (secondary N) is 1. The molecule has 5 nitrogen and oxygen atoms in total. The van der Waals surface area contributed by atoms with Gasteiger partial charge in [0, 0.05) is 6.04 Å². The lowest BCUT2D eigenvalue weighted by Crippen LogP contribution is -2.37. The molecule has 0 bridgehead atoms. The summed E-state index contributed by atoms with van der Waals surface area (Å²) in [7, 11) is 0. The van der Waals surface area contributed by atoms with Gasteiger partial charge in [-0.2, -0.15) is 0 Å². The number of esters is 1. The Hall–Kier alpha value is -2.04. The molecular weight excluding hydrogens is 246 g/mol. The Labute approximate surface area is 111 Å². The van der Waals surface area contributed by atoms with E-state index in [1.54, 1.807) is 6.07 Å². The molecule has 1 amide bonds. The molecule has 1 aromatic carbocycles. The van der Waals surface area contributed by atoms with Gasteiger partial charge in [-0.15, -0.1) is 0 Å². The van der Waals surface area contributed by atoms with Crippen molar-refractivity contribution in [3.8, 4) is 5.75 Å². The number of rotatable bonds is 5. The third-order valence-electron chi connectivity index (χ3n) is 3.13. The van der Waals surface area contributed by atoms with E-state index in [-0.39, 0.29) is 29.9 Å². The number of phenolic OH excluding ortho intramolecular Hbond substituents is 1. The lowest BCUT2D eigenvalue weighted by Gasteiger charge is -2.12. The van der Waals surface area contributed by atoms with E-state index in [0.717, 1.165) is 12.8 Å². The molecule has 1 saturated carbocycles. The number of carbonyl (C=O) groups is 2. The van der Waals surface area contributed by atoms with Crippen LogP contribution in [0, 0.1) is 5.92 Å². The summed E-state index contributed by atoms with van der Waals surface area (Å²) in [4.78, 5) is 23.2. The zero-order valence-corrected chi connectivity index (χ0v) is 10.8. The van der Waals surface area contributed by atoms with Crippen molar-refractivity contribution in [2.24, 2.45) is 5.92 Å². The molecule has 5 heteroatoms. The number of phenols is 1. The minimum atomic E-state index is -0.620. The molecule has 1 aliphatic rings. The van der Waals surface area contributed by atoms with E-state index >= 15 is 0 Å². The summed E-state index contributed by atoms with van der Waals surface area (Å²) in [6.45, 7) is 1.65. The fourth-order valence-electron chi connectivity index (χ4n) is 1.86. The molecule has 1 fully saturated rings. The summed E-state index contributed by atoms with van der Waals surface area (Å²) in [6.07, 6.45) is 2.29. The highest BCUT2D eigenvalue weighted by molar-refractivity contribution is 5.91. The highest BCUT2D eigenvalue weighted by Gasteiger charge is 2.28. The molecule has 102 valence electrons. The molecule has 0 radical (unpaired) electrons. The van der Waals surface area contributed by atoms with Crippen molar-refractivity contribution in [2.45, 2.75) is 25.8 Å². The molecule has 2 N–H and O–H groups in total. The predicted molar refractivity (Wildman–Crippen MR) is 68.7 cm³/mol. The van der Waals surface area contributed by atoms with E-state index in [0.29, 0.717) is 5.92 Å². The molecule has 0 aliphatic heterocycles. The maximum Gasteiger partial charge on any atom is 0.338 e. The van der Waals surface area contributed by atoms with Crippen molar-refractivity contribution in [3.63, 3.8) is 0 Å². The monoisotopic (exact) mass is 263 g/mol. The van der Waals surface area contributed by atoms with E-state index in [4.69, 9.17) is 4.74 Å². The van der Waals surface area contributed by atoms with E-state index in [1.807, 2.05) is 6.92 Å². The molecule has 19 heavy (non-hydrogen) atoms. The zero-order valence-electron chi connectivity index (χ0n) is 10.8. The van der Waals surface area contributed by atoms with Gasteiger partial charge in [-0.3, -0.25) is 4.79 Å². The van der Waals surface area contributed by atoms with Gasteiger partial charge in [0.15, 0.2) is 6.61 Å². The Morgan fingerprint density at radius 2 is 2.21 bits per heavy atom. The Bertz CT molecular complexity index is 482. The van der Waals surface area contributed by atoms with Gasteiger partial charge in [0.2, 0.25) is 0 Å². The van der Waals surface area contributed by atoms with Crippen LogP contribution in [0.5, 0.6) is 5.75 Å². The summed E-state index contributed by atoms with van der Waals surface area (Å²) in [5, 5.41) is 12.0. The summed E-state index contributed by atoms with van der Waals surface area (Å²) >= 11 is 0. The molecule has 0 aromatic heterocycles. The van der Waals surface area contributed by atoms with Crippen LogP contribution in [0.25, 0.3) is 0 Å². The first-order valence-corrected chi connectivity index (χ1v) is 6.32. The third kappa shape index (κ3) is 3.98. The Balaban J connectivity index is 1.78. The minimum Gasteiger partial charge on any atom is -0.508 e. The van der Waals surface area contributed by atoms with Crippen molar-refractivity contribution in [1.82, 2.24) is 5.32 Å². The fraction of sp³-hybridized carbons (Fsp3) is 0.429. The zero-order chi connectivity index (χ0) is 13.8. The van der Waals surface area contributed by atoms with Gasteiger partial charge in [0.05, 0.1) is 5.56 Å². The van der Waals surface area contributed by atoms with E-state index in [2.05, 4.69) is 5.32 Å². The van der Waals surface area contributed by atoms with Crippen LogP contribution in [-0.4, -0.2) is 29.6 Å². The average molecular weight is 263 g/mol. The van der Waals surface area contributed by atoms with Gasteiger partial charge >= 0.3 is 5.97 Å². The Morgan fingerprint density at radius 1 is 1.47 bits per heavy atom. The molecule has 0 unspecified atom stereocenters. The van der Waals surface area contributed by atoms with E-state index in [1.165, 1.54) is 18.2 Å². The van der Waals surface area contributed by atoms with Crippen molar-refractivity contribution >= 4 is 11.9 Å². The summed E-state index contributed by atoms with van der Waals surface area (Å²) in [6, 6.07) is 5.95. The lowest BCUT2D eigenvalue weighted by atomic mass is 10.2. The van der Waals surface area contributed by atoms with Crippen LogP contribution in [0.2, 0.25) is 0 Å². The normalized spacial score (nSPS) is 15.6. The molecule has 1 atom stereocenters. The summed E-state index contributed by atoms with van der Waals surface area (Å²) in [5.74, 6) is -0.370. The average Bonchev–Trinajstić information content (AvgIpc) is 3.20. The van der Waals surface area contributed by atoms with Gasteiger partial charge < -0.3 is 15.2 Å². The highest BCUT2D eigenvalue weighted by Crippen LogP contribution is 2.32. The first-order chi connectivity index (χ1) is 9.06. The van der Waals surface area contributed by atoms with Crippen molar-refractivity contribution in [2.75, 3.05) is 6.61 Å². The number of benzene rings is 1. The van der Waals surface area contributed by atoms with Gasteiger partial charge in [-0.25, -0.2) is 4.79 Å². The van der Waals surface area contributed by atoms with Gasteiger partial charge in [0.1, 0.15) is 5.75 Å². The highest BCUT2D eigenvalue weighted by atomic mass is 16.5. The number of carbonyl (C=O) groups excluding carboxylic acids is 2. The molecule has 0 heterocycles. The predicted octanol–water partition coefficient (Wildman–Crippen LogP) is 1.46. The summed E-state index contributed by atoms with van der Waals surface area (Å²) < 4.78 is 4.88. The van der Waals surface area contributed by atoms with Crippen LogP contribution in [-0.2, 0) is 9.53 Å². The number of ether oxygens (including phenoxy) is 1. The van der Waals surface area contributed by atoms with Crippen molar-refractivity contribution in [1.29, 1.82) is 0 Å². The second-order valence-electron chi connectivity index (χ2n) is 4.82.